The van der Waals surface area contributed by atoms with E-state index in [1.54, 1.807) is 48.6 Å². The molecule has 2 aromatic rings. The van der Waals surface area contributed by atoms with Crippen LogP contribution in [0.5, 0.6) is 5.75 Å². The van der Waals surface area contributed by atoms with Gasteiger partial charge < -0.3 is 14.4 Å². The molecule has 0 aliphatic heterocycles. The number of esters is 1. The smallest absolute Gasteiger partial charge is 0.357 e. The lowest BCUT2D eigenvalue weighted by molar-refractivity contribution is 0.0520. The van der Waals surface area contributed by atoms with Crippen molar-refractivity contribution >= 4 is 23.2 Å². The van der Waals surface area contributed by atoms with E-state index < -0.39 is 5.97 Å². The Labute approximate surface area is 151 Å². The van der Waals surface area contributed by atoms with Gasteiger partial charge >= 0.3 is 5.97 Å². The van der Waals surface area contributed by atoms with Crippen LogP contribution in [0.4, 0.5) is 0 Å². The Morgan fingerprint density at radius 3 is 2.48 bits per heavy atom. The molecule has 25 heavy (non-hydrogen) atoms. The molecule has 1 aromatic heterocycles. The van der Waals surface area contributed by atoms with Crippen LogP contribution in [0.2, 0.25) is 0 Å². The van der Waals surface area contributed by atoms with E-state index in [1.165, 1.54) is 11.3 Å². The number of amides is 1. The minimum atomic E-state index is -0.442. The standard InChI is InChI=1S/C18H22N2O4S/c1-5-24-18(22)15-11-25-16(19-15)10-20(12(2)3)17(21)13-6-8-14(23-4)9-7-13/h6-9,11-12H,5,10H2,1-4H3. The Hall–Kier alpha value is -2.41. The van der Waals surface area contributed by atoms with Crippen molar-refractivity contribution in [1.82, 2.24) is 9.88 Å². The number of carbonyl (C=O) groups excluding carboxylic acids is 2. The van der Waals surface area contributed by atoms with Crippen molar-refractivity contribution in [2.45, 2.75) is 33.4 Å². The Kier molecular flexibility index (Phi) is 6.52. The number of rotatable bonds is 7. The minimum Gasteiger partial charge on any atom is -0.497 e. The summed E-state index contributed by atoms with van der Waals surface area (Å²) in [6, 6.07) is 6.98. The van der Waals surface area contributed by atoms with Crippen molar-refractivity contribution < 1.29 is 19.1 Å². The minimum absolute atomic E-state index is 0.00968. The van der Waals surface area contributed by atoms with Crippen LogP contribution >= 0.6 is 11.3 Å². The number of hydrogen-bond acceptors (Lipinski definition) is 6. The Morgan fingerprint density at radius 2 is 1.92 bits per heavy atom. The molecule has 6 nitrogen and oxygen atoms in total. The topological polar surface area (TPSA) is 68.7 Å². The van der Waals surface area contributed by atoms with E-state index in [0.717, 1.165) is 0 Å². The third-order valence-electron chi connectivity index (χ3n) is 3.56. The van der Waals surface area contributed by atoms with Gasteiger partial charge in [-0.3, -0.25) is 4.79 Å². The highest BCUT2D eigenvalue weighted by atomic mass is 32.1. The van der Waals surface area contributed by atoms with Crippen LogP contribution in [0.25, 0.3) is 0 Å². The first-order valence-electron chi connectivity index (χ1n) is 8.02. The van der Waals surface area contributed by atoms with Crippen molar-refractivity contribution in [1.29, 1.82) is 0 Å². The van der Waals surface area contributed by atoms with Crippen LogP contribution in [-0.4, -0.2) is 41.5 Å². The zero-order valence-corrected chi connectivity index (χ0v) is 15.6. The third kappa shape index (κ3) is 4.79. The summed E-state index contributed by atoms with van der Waals surface area (Å²) < 4.78 is 10.1. The average Bonchev–Trinajstić information content (AvgIpc) is 3.08. The number of benzene rings is 1. The van der Waals surface area contributed by atoms with Gasteiger partial charge in [-0.05, 0) is 45.0 Å². The summed E-state index contributed by atoms with van der Waals surface area (Å²) in [6.07, 6.45) is 0. The summed E-state index contributed by atoms with van der Waals surface area (Å²) in [4.78, 5) is 30.5. The predicted molar refractivity (Wildman–Crippen MR) is 96.1 cm³/mol. The first kappa shape index (κ1) is 18.9. The van der Waals surface area contributed by atoms with E-state index in [4.69, 9.17) is 9.47 Å². The van der Waals surface area contributed by atoms with Crippen molar-refractivity contribution in [3.8, 4) is 5.75 Å². The van der Waals surface area contributed by atoms with Crippen LogP contribution in [0.1, 0.15) is 46.6 Å². The summed E-state index contributed by atoms with van der Waals surface area (Å²) in [5.41, 5.74) is 0.860. The normalized spacial score (nSPS) is 10.6. The first-order valence-corrected chi connectivity index (χ1v) is 8.90. The Balaban J connectivity index is 2.15. The monoisotopic (exact) mass is 362 g/mol. The molecule has 0 aliphatic carbocycles. The van der Waals surface area contributed by atoms with E-state index >= 15 is 0 Å². The van der Waals surface area contributed by atoms with Gasteiger partial charge in [-0.2, -0.15) is 0 Å². The SMILES string of the molecule is CCOC(=O)c1csc(CN(C(=O)c2ccc(OC)cc2)C(C)C)n1. The molecule has 0 saturated heterocycles. The van der Waals surface area contributed by atoms with E-state index in [1.807, 2.05) is 13.8 Å². The van der Waals surface area contributed by atoms with Gasteiger partial charge in [0.15, 0.2) is 5.69 Å². The summed E-state index contributed by atoms with van der Waals surface area (Å²) in [6.45, 7) is 6.29. The molecule has 134 valence electrons. The molecular weight excluding hydrogens is 340 g/mol. The number of methoxy groups -OCH3 is 1. The number of nitrogens with zero attached hydrogens (tertiary/aromatic N) is 2. The maximum Gasteiger partial charge on any atom is 0.357 e. The predicted octanol–water partition coefficient (Wildman–Crippen LogP) is 3.38. The lowest BCUT2D eigenvalue weighted by Crippen LogP contribution is -2.36. The quantitative estimate of drug-likeness (QED) is 0.706. The van der Waals surface area contributed by atoms with Crippen molar-refractivity contribution in [3.05, 3.63) is 45.9 Å². The third-order valence-corrected chi connectivity index (χ3v) is 4.40. The van der Waals surface area contributed by atoms with E-state index in [9.17, 15) is 9.59 Å². The molecule has 1 heterocycles. The van der Waals surface area contributed by atoms with Gasteiger partial charge in [0.05, 0.1) is 20.3 Å². The van der Waals surface area contributed by atoms with E-state index in [2.05, 4.69) is 4.98 Å². The molecule has 7 heteroatoms. The maximum atomic E-state index is 12.8. The molecule has 0 atom stereocenters. The largest absolute Gasteiger partial charge is 0.497 e. The second-order valence-corrected chi connectivity index (χ2v) is 6.54. The fraction of sp³-hybridized carbons (Fsp3) is 0.389. The van der Waals surface area contributed by atoms with Gasteiger partial charge in [0, 0.05) is 17.0 Å². The van der Waals surface area contributed by atoms with Crippen LogP contribution in [0.15, 0.2) is 29.6 Å². The zero-order chi connectivity index (χ0) is 18.4. The van der Waals surface area contributed by atoms with Gasteiger partial charge in [0.1, 0.15) is 10.8 Å². The van der Waals surface area contributed by atoms with E-state index in [-0.39, 0.29) is 17.6 Å². The van der Waals surface area contributed by atoms with Gasteiger partial charge in [-0.25, -0.2) is 9.78 Å². The second-order valence-electron chi connectivity index (χ2n) is 5.60. The highest BCUT2D eigenvalue weighted by molar-refractivity contribution is 7.09. The molecule has 0 radical (unpaired) electrons. The van der Waals surface area contributed by atoms with Gasteiger partial charge in [0.25, 0.3) is 5.91 Å². The highest BCUT2D eigenvalue weighted by Crippen LogP contribution is 2.19. The molecule has 1 aromatic carbocycles. The summed E-state index contributed by atoms with van der Waals surface area (Å²) in [7, 11) is 1.58. The second kappa shape index (κ2) is 8.62. The molecule has 2 rings (SSSR count). The molecule has 0 unspecified atom stereocenters. The number of ether oxygens (including phenoxy) is 2. The molecule has 1 amide bonds. The maximum absolute atomic E-state index is 12.8. The fourth-order valence-corrected chi connectivity index (χ4v) is 2.98. The lowest BCUT2D eigenvalue weighted by Gasteiger charge is -2.26. The summed E-state index contributed by atoms with van der Waals surface area (Å²) in [5.74, 6) is 0.166. The average molecular weight is 362 g/mol. The highest BCUT2D eigenvalue weighted by Gasteiger charge is 2.21. The molecule has 0 saturated carbocycles. The number of thiazole rings is 1. The van der Waals surface area contributed by atoms with Gasteiger partial charge in [-0.1, -0.05) is 0 Å². The first-order chi connectivity index (χ1) is 12.0. The Bertz CT molecular complexity index is 725. The van der Waals surface area contributed by atoms with Crippen LogP contribution < -0.4 is 4.74 Å². The van der Waals surface area contributed by atoms with Crippen LogP contribution in [0.3, 0.4) is 0 Å². The van der Waals surface area contributed by atoms with E-state index in [0.29, 0.717) is 29.5 Å². The van der Waals surface area contributed by atoms with Crippen LogP contribution in [-0.2, 0) is 11.3 Å². The zero-order valence-electron chi connectivity index (χ0n) is 14.8. The summed E-state index contributed by atoms with van der Waals surface area (Å²) >= 11 is 1.34. The van der Waals surface area contributed by atoms with Gasteiger partial charge in [0.2, 0.25) is 0 Å². The molecule has 0 aliphatic rings. The summed E-state index contributed by atoms with van der Waals surface area (Å²) in [5, 5.41) is 2.35. The molecular formula is C18H22N2O4S. The molecule has 0 bridgehead atoms. The number of hydrogen-bond donors (Lipinski definition) is 0. The van der Waals surface area contributed by atoms with Crippen molar-refractivity contribution in [2.24, 2.45) is 0 Å². The molecule has 0 spiro atoms. The van der Waals surface area contributed by atoms with Crippen molar-refractivity contribution in [3.63, 3.8) is 0 Å². The lowest BCUT2D eigenvalue weighted by atomic mass is 10.1. The fourth-order valence-electron chi connectivity index (χ4n) is 2.22. The number of aromatic nitrogens is 1. The molecule has 0 N–H and O–H groups in total. The van der Waals surface area contributed by atoms with Gasteiger partial charge in [-0.15, -0.1) is 11.3 Å². The van der Waals surface area contributed by atoms with Crippen LogP contribution in [0, 0.1) is 0 Å². The molecule has 0 fully saturated rings. The number of carbonyl (C=O) groups is 2. The van der Waals surface area contributed by atoms with Crippen molar-refractivity contribution in [2.75, 3.05) is 13.7 Å². The Morgan fingerprint density at radius 1 is 1.24 bits per heavy atom.